The Labute approximate surface area is 263 Å². The molecule has 13 heteroatoms. The van der Waals surface area contributed by atoms with Gasteiger partial charge >= 0.3 is 18.0 Å². The minimum Gasteiger partial charge on any atom is -0.461 e. The van der Waals surface area contributed by atoms with Gasteiger partial charge in [0.1, 0.15) is 42.9 Å². The van der Waals surface area contributed by atoms with Gasteiger partial charge in [0.2, 0.25) is 5.60 Å². The van der Waals surface area contributed by atoms with Crippen LogP contribution in [0.1, 0.15) is 91.5 Å². The standard InChI is InChI=1S/C32H45N5O8/c1-19-21-13-14-23(37(21)35-18-34-19)32(17-33)27(39)25(43-24(38)15-20-11-9-8-10-12-20)22(44-32)16-42-28(40)26(30(2,3)4)36-29(41)45-31(5,6)7/h13-14,18,20,22,25-27,39H,8-12,15-16H2,1-7H3,(H,36,41)/t22-,25-,26-,27-,32+/m1/s1. The van der Waals surface area contributed by atoms with E-state index in [1.807, 2.05) is 0 Å². The number of esters is 2. The molecule has 0 aromatic carbocycles. The summed E-state index contributed by atoms with van der Waals surface area (Å²) in [4.78, 5) is 43.3. The molecule has 246 valence electrons. The van der Waals surface area contributed by atoms with E-state index in [0.717, 1.165) is 32.1 Å². The molecule has 1 aliphatic heterocycles. The first kappa shape index (κ1) is 34.1. The monoisotopic (exact) mass is 627 g/mol. The normalized spacial score (nSPS) is 24.9. The topological polar surface area (TPSA) is 174 Å². The molecule has 2 aromatic rings. The number of fused-ring (bicyclic) bond motifs is 1. The van der Waals surface area contributed by atoms with E-state index in [4.69, 9.17) is 18.9 Å². The van der Waals surface area contributed by atoms with Gasteiger partial charge in [-0.2, -0.15) is 10.4 Å². The number of hydrogen-bond acceptors (Lipinski definition) is 11. The molecular formula is C32H45N5O8. The number of nitrogens with one attached hydrogen (secondary N) is 1. The molecule has 2 fully saturated rings. The van der Waals surface area contributed by atoms with Gasteiger partial charge < -0.3 is 29.4 Å². The van der Waals surface area contributed by atoms with Crippen LogP contribution in [0.3, 0.4) is 0 Å². The average molecular weight is 628 g/mol. The van der Waals surface area contributed by atoms with Gasteiger partial charge in [0.15, 0.2) is 6.10 Å². The molecule has 13 nitrogen and oxygen atoms in total. The van der Waals surface area contributed by atoms with Crippen molar-refractivity contribution in [1.29, 1.82) is 5.26 Å². The van der Waals surface area contributed by atoms with E-state index in [1.165, 1.54) is 10.8 Å². The zero-order valence-electron chi connectivity index (χ0n) is 27.2. The van der Waals surface area contributed by atoms with Crippen LogP contribution in [0.25, 0.3) is 5.52 Å². The van der Waals surface area contributed by atoms with Crippen molar-refractivity contribution < 1.29 is 38.4 Å². The Morgan fingerprint density at radius 3 is 2.49 bits per heavy atom. The fraction of sp³-hybridized carbons (Fsp3) is 0.688. The zero-order valence-corrected chi connectivity index (χ0v) is 27.2. The predicted molar refractivity (Wildman–Crippen MR) is 161 cm³/mol. The number of nitrogens with zero attached hydrogens (tertiary/aromatic N) is 4. The molecule has 2 aromatic heterocycles. The molecule has 4 rings (SSSR count). The number of aliphatic hydroxyl groups is 1. The summed E-state index contributed by atoms with van der Waals surface area (Å²) in [5.41, 5.74) is -2.12. The van der Waals surface area contributed by atoms with Crippen LogP contribution in [0, 0.1) is 29.6 Å². The van der Waals surface area contributed by atoms with E-state index < -0.39 is 65.6 Å². The molecule has 1 saturated carbocycles. The first-order valence-corrected chi connectivity index (χ1v) is 15.5. The van der Waals surface area contributed by atoms with Crippen LogP contribution < -0.4 is 5.32 Å². The van der Waals surface area contributed by atoms with Crippen LogP contribution >= 0.6 is 0 Å². The molecule has 1 saturated heterocycles. The lowest BCUT2D eigenvalue weighted by molar-refractivity contribution is -0.163. The van der Waals surface area contributed by atoms with Crippen molar-refractivity contribution in [2.24, 2.45) is 11.3 Å². The summed E-state index contributed by atoms with van der Waals surface area (Å²) in [6.45, 7) is 11.7. The second kappa shape index (κ2) is 13.3. The van der Waals surface area contributed by atoms with Crippen molar-refractivity contribution in [2.45, 2.75) is 123 Å². The Hall–Kier alpha value is -3.76. The molecule has 5 atom stereocenters. The van der Waals surface area contributed by atoms with E-state index >= 15 is 0 Å². The van der Waals surface area contributed by atoms with Gasteiger partial charge in [-0.1, -0.05) is 40.0 Å². The molecule has 0 radical (unpaired) electrons. The van der Waals surface area contributed by atoms with Crippen LogP contribution in [0.2, 0.25) is 0 Å². The van der Waals surface area contributed by atoms with Crippen molar-refractivity contribution >= 4 is 23.5 Å². The highest BCUT2D eigenvalue weighted by atomic mass is 16.6. The Balaban J connectivity index is 1.60. The highest BCUT2D eigenvalue weighted by molar-refractivity contribution is 5.82. The molecule has 2 N–H and O–H groups in total. The molecule has 1 aliphatic carbocycles. The third-order valence-electron chi connectivity index (χ3n) is 8.22. The summed E-state index contributed by atoms with van der Waals surface area (Å²) in [5.74, 6) is -1.15. The van der Waals surface area contributed by atoms with Crippen LogP contribution in [0.4, 0.5) is 4.79 Å². The summed E-state index contributed by atoms with van der Waals surface area (Å²) in [7, 11) is 0. The Morgan fingerprint density at radius 2 is 1.87 bits per heavy atom. The maximum Gasteiger partial charge on any atom is 0.408 e. The smallest absolute Gasteiger partial charge is 0.408 e. The van der Waals surface area contributed by atoms with Crippen LogP contribution in [0.5, 0.6) is 0 Å². The first-order chi connectivity index (χ1) is 21.1. The van der Waals surface area contributed by atoms with Gasteiger partial charge in [-0.05, 0) is 64.0 Å². The van der Waals surface area contributed by atoms with E-state index in [0.29, 0.717) is 11.2 Å². The second-order valence-corrected chi connectivity index (χ2v) is 14.0. The molecule has 2 aliphatic rings. The van der Waals surface area contributed by atoms with Crippen molar-refractivity contribution in [3.05, 3.63) is 29.8 Å². The molecular weight excluding hydrogens is 582 g/mol. The summed E-state index contributed by atoms with van der Waals surface area (Å²) in [5, 5.41) is 29.0. The van der Waals surface area contributed by atoms with Crippen LogP contribution in [-0.4, -0.2) is 74.3 Å². The van der Waals surface area contributed by atoms with E-state index in [1.54, 1.807) is 60.6 Å². The van der Waals surface area contributed by atoms with Gasteiger partial charge in [0.25, 0.3) is 0 Å². The Morgan fingerprint density at radius 1 is 1.18 bits per heavy atom. The van der Waals surface area contributed by atoms with Gasteiger partial charge in [0.05, 0.1) is 16.9 Å². The van der Waals surface area contributed by atoms with E-state index in [2.05, 4.69) is 21.5 Å². The summed E-state index contributed by atoms with van der Waals surface area (Å²) in [6, 6.07) is 4.27. The maximum absolute atomic E-state index is 13.4. The van der Waals surface area contributed by atoms with Gasteiger partial charge in [-0.25, -0.2) is 19.1 Å². The largest absolute Gasteiger partial charge is 0.461 e. The number of amides is 1. The number of aromatic nitrogens is 3. The predicted octanol–water partition coefficient (Wildman–Crippen LogP) is 3.88. The number of alkyl carbamates (subject to hydrolysis) is 1. The van der Waals surface area contributed by atoms with Crippen molar-refractivity contribution in [2.75, 3.05) is 6.61 Å². The van der Waals surface area contributed by atoms with Crippen molar-refractivity contribution in [3.63, 3.8) is 0 Å². The quantitative estimate of drug-likeness (QED) is 0.321. The fourth-order valence-electron chi connectivity index (χ4n) is 5.91. The van der Waals surface area contributed by atoms with Crippen LogP contribution in [0.15, 0.2) is 18.5 Å². The third kappa shape index (κ3) is 7.73. The SMILES string of the molecule is Cc1ncnn2c([C@]3(C#N)O[C@H](COC(=O)[C@@H](NC(=O)OC(C)(C)C)C(C)(C)C)[C@@H](OC(=O)CC4CCCCC4)[C@H]3O)ccc12. The van der Waals surface area contributed by atoms with Gasteiger partial charge in [0, 0.05) is 6.42 Å². The number of rotatable bonds is 8. The highest BCUT2D eigenvalue weighted by Crippen LogP contribution is 2.42. The maximum atomic E-state index is 13.4. The number of nitriles is 1. The fourth-order valence-corrected chi connectivity index (χ4v) is 5.91. The number of carbonyl (C=O) groups excluding carboxylic acids is 3. The summed E-state index contributed by atoms with van der Waals surface area (Å²) >= 11 is 0. The number of aryl methyl sites for hydroxylation is 1. The van der Waals surface area contributed by atoms with Crippen molar-refractivity contribution in [3.8, 4) is 6.07 Å². The summed E-state index contributed by atoms with van der Waals surface area (Å²) < 4.78 is 24.5. The molecule has 0 bridgehead atoms. The number of ether oxygens (including phenoxy) is 4. The molecule has 3 heterocycles. The Kier molecular flexibility index (Phi) is 10.1. The minimum absolute atomic E-state index is 0.168. The molecule has 45 heavy (non-hydrogen) atoms. The van der Waals surface area contributed by atoms with Gasteiger partial charge in [-0.3, -0.25) is 4.79 Å². The van der Waals surface area contributed by atoms with E-state index in [-0.39, 0.29) is 18.0 Å². The highest BCUT2D eigenvalue weighted by Gasteiger charge is 2.60. The second-order valence-electron chi connectivity index (χ2n) is 14.0. The average Bonchev–Trinajstić information content (AvgIpc) is 3.50. The lowest BCUT2D eigenvalue weighted by Gasteiger charge is -2.31. The number of aliphatic hydroxyl groups excluding tert-OH is 1. The lowest BCUT2D eigenvalue weighted by Crippen LogP contribution is -2.51. The number of hydrogen-bond donors (Lipinski definition) is 2. The van der Waals surface area contributed by atoms with Crippen LogP contribution in [-0.2, 0) is 34.1 Å². The molecule has 0 unspecified atom stereocenters. The Bertz CT molecular complexity index is 1430. The third-order valence-corrected chi connectivity index (χ3v) is 8.22. The first-order valence-electron chi connectivity index (χ1n) is 15.5. The molecule has 0 spiro atoms. The van der Waals surface area contributed by atoms with Gasteiger partial charge in [-0.15, -0.1) is 0 Å². The summed E-state index contributed by atoms with van der Waals surface area (Å²) in [6.07, 6.45) is 1.54. The molecule has 1 amide bonds. The lowest BCUT2D eigenvalue weighted by atomic mass is 9.87. The van der Waals surface area contributed by atoms with Crippen molar-refractivity contribution in [1.82, 2.24) is 19.9 Å². The van der Waals surface area contributed by atoms with E-state index in [9.17, 15) is 24.8 Å². The number of carbonyl (C=O) groups is 3. The minimum atomic E-state index is -2.02. The zero-order chi connectivity index (χ0) is 33.2.